The third kappa shape index (κ3) is 2.82. The van der Waals surface area contributed by atoms with Crippen LogP contribution in [0.4, 0.5) is 0 Å². The Morgan fingerprint density at radius 3 is 2.47 bits per heavy atom. The number of hydrogen-bond donors (Lipinski definition) is 1. The topological polar surface area (TPSA) is 35.8 Å². The van der Waals surface area contributed by atoms with E-state index in [0.29, 0.717) is 18.0 Å². The molecule has 0 aromatic heterocycles. The molecule has 2 unspecified atom stereocenters. The monoisotopic (exact) mass is 256 g/mol. The zero-order chi connectivity index (χ0) is 13.9. The molecule has 1 aromatic rings. The highest BCUT2D eigenvalue weighted by Gasteiger charge is 2.46. The van der Waals surface area contributed by atoms with Gasteiger partial charge in [-0.05, 0) is 31.2 Å². The Bertz CT molecular complexity index is 440. The normalized spacial score (nSPS) is 29.1. The fourth-order valence-electron chi connectivity index (χ4n) is 2.94. The number of hydrogen-bond acceptors (Lipinski definition) is 2. The second-order valence-corrected chi connectivity index (χ2v) is 6.01. The molecule has 2 rings (SSSR count). The first kappa shape index (κ1) is 14.1. The van der Waals surface area contributed by atoms with Gasteiger partial charge in [0.05, 0.1) is 11.5 Å². The van der Waals surface area contributed by atoms with E-state index < -0.39 is 0 Å². The molecule has 1 aliphatic rings. The van der Waals surface area contributed by atoms with Gasteiger partial charge in [-0.3, -0.25) is 0 Å². The van der Waals surface area contributed by atoms with Crippen LogP contribution in [0.3, 0.4) is 0 Å². The first-order valence-corrected chi connectivity index (χ1v) is 7.34. The van der Waals surface area contributed by atoms with Crippen LogP contribution in [-0.4, -0.2) is 12.1 Å². The quantitative estimate of drug-likeness (QED) is 0.873. The Morgan fingerprint density at radius 1 is 1.32 bits per heavy atom. The summed E-state index contributed by atoms with van der Waals surface area (Å²) in [4.78, 5) is 0. The lowest BCUT2D eigenvalue weighted by Crippen LogP contribution is -2.54. The van der Waals surface area contributed by atoms with Crippen LogP contribution in [0, 0.1) is 17.2 Å². The fraction of sp³-hybridized carbons (Fsp3) is 0.588. The van der Waals surface area contributed by atoms with Gasteiger partial charge in [-0.2, -0.15) is 5.26 Å². The first-order chi connectivity index (χ1) is 9.11. The predicted molar refractivity (Wildman–Crippen MR) is 78.8 cm³/mol. The third-order valence-electron chi connectivity index (χ3n) is 4.73. The van der Waals surface area contributed by atoms with Gasteiger partial charge in [0.15, 0.2) is 0 Å². The summed E-state index contributed by atoms with van der Waals surface area (Å²) in [6.45, 7) is 6.77. The van der Waals surface area contributed by atoms with Crippen LogP contribution < -0.4 is 5.32 Å². The van der Waals surface area contributed by atoms with Gasteiger partial charge in [-0.1, -0.05) is 50.6 Å². The Labute approximate surface area is 116 Å². The zero-order valence-corrected chi connectivity index (χ0v) is 12.2. The lowest BCUT2D eigenvalue weighted by Gasteiger charge is -2.45. The van der Waals surface area contributed by atoms with E-state index in [1.54, 1.807) is 0 Å². The molecule has 0 amide bonds. The summed E-state index contributed by atoms with van der Waals surface area (Å²) in [6.07, 6.45) is 3.07. The molecule has 1 N–H and O–H groups in total. The van der Waals surface area contributed by atoms with Crippen molar-refractivity contribution in [2.45, 2.75) is 57.5 Å². The minimum absolute atomic E-state index is 0.256. The van der Waals surface area contributed by atoms with Crippen LogP contribution in [0.25, 0.3) is 0 Å². The van der Waals surface area contributed by atoms with Crippen molar-refractivity contribution in [2.24, 2.45) is 5.92 Å². The highest BCUT2D eigenvalue weighted by molar-refractivity contribution is 5.36. The summed E-state index contributed by atoms with van der Waals surface area (Å²) in [5, 5.41) is 13.2. The van der Waals surface area contributed by atoms with E-state index in [1.165, 1.54) is 12.0 Å². The predicted octanol–water partition coefficient (Wildman–Crippen LogP) is 3.63. The molecular weight excluding hydrogens is 232 g/mol. The van der Waals surface area contributed by atoms with Crippen molar-refractivity contribution < 1.29 is 0 Å². The maximum absolute atomic E-state index is 9.52. The van der Waals surface area contributed by atoms with Gasteiger partial charge in [0, 0.05) is 12.1 Å². The van der Waals surface area contributed by atoms with Gasteiger partial charge in [0.2, 0.25) is 0 Å². The molecule has 0 aliphatic heterocycles. The SMILES string of the molecule is CCC(C)C(C)NC1CC(C#N)(c2ccccc2)C1. The smallest absolute Gasteiger partial charge is 0.0852 e. The molecule has 1 fully saturated rings. The minimum atomic E-state index is -0.256. The van der Waals surface area contributed by atoms with Gasteiger partial charge in [0.25, 0.3) is 0 Å². The van der Waals surface area contributed by atoms with Gasteiger partial charge in [-0.25, -0.2) is 0 Å². The third-order valence-corrected chi connectivity index (χ3v) is 4.73. The highest BCUT2D eigenvalue weighted by Crippen LogP contribution is 2.43. The second-order valence-electron chi connectivity index (χ2n) is 6.01. The van der Waals surface area contributed by atoms with Crippen molar-refractivity contribution in [3.63, 3.8) is 0 Å². The molecule has 0 heterocycles. The van der Waals surface area contributed by atoms with Crippen molar-refractivity contribution in [3.05, 3.63) is 35.9 Å². The van der Waals surface area contributed by atoms with Crippen molar-refractivity contribution >= 4 is 0 Å². The largest absolute Gasteiger partial charge is 0.311 e. The van der Waals surface area contributed by atoms with Crippen molar-refractivity contribution in [1.29, 1.82) is 5.26 Å². The average molecular weight is 256 g/mol. The van der Waals surface area contributed by atoms with E-state index in [2.05, 4.69) is 44.3 Å². The summed E-state index contributed by atoms with van der Waals surface area (Å²) < 4.78 is 0. The fourth-order valence-corrected chi connectivity index (χ4v) is 2.94. The van der Waals surface area contributed by atoms with Crippen molar-refractivity contribution in [2.75, 3.05) is 0 Å². The molecule has 0 radical (unpaired) electrons. The number of nitrogens with zero attached hydrogens (tertiary/aromatic N) is 1. The summed E-state index contributed by atoms with van der Waals surface area (Å²) in [5.41, 5.74) is 0.917. The number of nitrogens with one attached hydrogen (secondary N) is 1. The van der Waals surface area contributed by atoms with Crippen molar-refractivity contribution in [3.8, 4) is 6.07 Å². The zero-order valence-electron chi connectivity index (χ0n) is 12.2. The first-order valence-electron chi connectivity index (χ1n) is 7.34. The molecule has 1 aliphatic carbocycles. The number of rotatable bonds is 5. The van der Waals surface area contributed by atoms with Gasteiger partial charge >= 0.3 is 0 Å². The summed E-state index contributed by atoms with van der Waals surface area (Å²) in [7, 11) is 0. The molecule has 2 heteroatoms. The standard InChI is InChI=1S/C17H24N2/c1-4-13(2)14(3)19-16-10-17(11-16,12-18)15-8-6-5-7-9-15/h5-9,13-14,16,19H,4,10-11H2,1-3H3. The summed E-state index contributed by atoms with van der Waals surface area (Å²) >= 11 is 0. The van der Waals surface area contributed by atoms with E-state index in [4.69, 9.17) is 0 Å². The minimum Gasteiger partial charge on any atom is -0.311 e. The maximum atomic E-state index is 9.52. The van der Waals surface area contributed by atoms with Crippen LogP contribution in [0.15, 0.2) is 30.3 Å². The van der Waals surface area contributed by atoms with Crippen LogP contribution in [0.1, 0.15) is 45.6 Å². The molecule has 0 spiro atoms. The molecule has 1 aromatic carbocycles. The molecular formula is C17H24N2. The molecule has 0 bridgehead atoms. The maximum Gasteiger partial charge on any atom is 0.0852 e. The second kappa shape index (κ2) is 5.75. The molecule has 19 heavy (non-hydrogen) atoms. The van der Waals surface area contributed by atoms with Crippen molar-refractivity contribution in [1.82, 2.24) is 5.32 Å². The Balaban J connectivity index is 1.96. The van der Waals surface area contributed by atoms with Gasteiger partial charge in [0.1, 0.15) is 0 Å². The van der Waals surface area contributed by atoms with E-state index in [-0.39, 0.29) is 5.41 Å². The molecule has 0 saturated heterocycles. The van der Waals surface area contributed by atoms with E-state index in [0.717, 1.165) is 12.8 Å². The molecule has 1 saturated carbocycles. The lowest BCUT2D eigenvalue weighted by atomic mass is 9.62. The Morgan fingerprint density at radius 2 is 1.95 bits per heavy atom. The van der Waals surface area contributed by atoms with E-state index in [9.17, 15) is 5.26 Å². The molecule has 2 atom stereocenters. The van der Waals surface area contributed by atoms with Crippen LogP contribution in [0.5, 0.6) is 0 Å². The van der Waals surface area contributed by atoms with Crippen LogP contribution in [0.2, 0.25) is 0 Å². The number of benzene rings is 1. The van der Waals surface area contributed by atoms with Gasteiger partial charge in [-0.15, -0.1) is 0 Å². The number of nitriles is 1. The molecule has 102 valence electrons. The van der Waals surface area contributed by atoms with Crippen LogP contribution >= 0.6 is 0 Å². The van der Waals surface area contributed by atoms with E-state index in [1.807, 2.05) is 18.2 Å². The van der Waals surface area contributed by atoms with E-state index >= 15 is 0 Å². The highest BCUT2D eigenvalue weighted by atomic mass is 15.0. The molecule has 2 nitrogen and oxygen atoms in total. The summed E-state index contributed by atoms with van der Waals surface area (Å²) in [6, 6.07) is 13.8. The Hall–Kier alpha value is -1.33. The van der Waals surface area contributed by atoms with Gasteiger partial charge < -0.3 is 5.32 Å². The average Bonchev–Trinajstić information content (AvgIpc) is 2.42. The summed E-state index contributed by atoms with van der Waals surface area (Å²) in [5.74, 6) is 0.689. The Kier molecular flexibility index (Phi) is 4.27. The van der Waals surface area contributed by atoms with Crippen LogP contribution in [-0.2, 0) is 5.41 Å². The lowest BCUT2D eigenvalue weighted by molar-refractivity contribution is 0.195.